The minimum absolute atomic E-state index is 0.509. The van der Waals surface area contributed by atoms with E-state index in [0.29, 0.717) is 16.9 Å². The molecule has 1 aromatic heterocycles. The summed E-state index contributed by atoms with van der Waals surface area (Å²) >= 11 is 1.42. The molecule has 6 heteroatoms. The molecule has 1 N–H and O–H groups in total. The summed E-state index contributed by atoms with van der Waals surface area (Å²) in [5.41, 5.74) is 1.88. The third kappa shape index (κ3) is 3.96. The molecule has 19 heavy (non-hydrogen) atoms. The van der Waals surface area contributed by atoms with Crippen LogP contribution in [0.15, 0.2) is 40.0 Å². The van der Waals surface area contributed by atoms with Gasteiger partial charge in [-0.3, -0.25) is 0 Å². The Hall–Kier alpha value is -2.08. The quantitative estimate of drug-likeness (QED) is 0.668. The van der Waals surface area contributed by atoms with E-state index in [1.165, 1.54) is 11.8 Å². The van der Waals surface area contributed by atoms with Crippen molar-refractivity contribution in [3.63, 3.8) is 0 Å². The molecule has 5 nitrogen and oxygen atoms in total. The van der Waals surface area contributed by atoms with E-state index in [-0.39, 0.29) is 0 Å². The van der Waals surface area contributed by atoms with Gasteiger partial charge in [0.1, 0.15) is 0 Å². The molecule has 0 aliphatic heterocycles. The van der Waals surface area contributed by atoms with Gasteiger partial charge in [0.05, 0.1) is 0 Å². The summed E-state index contributed by atoms with van der Waals surface area (Å²) in [7, 11) is 0. The smallest absolute Gasteiger partial charge is 0.328 e. The lowest BCUT2D eigenvalue weighted by atomic mass is 10.1. The average Bonchev–Trinajstić information content (AvgIpc) is 2.80. The predicted octanol–water partition coefficient (Wildman–Crippen LogP) is 2.77. The second-order valence-corrected chi connectivity index (χ2v) is 4.67. The third-order valence-electron chi connectivity index (χ3n) is 2.32. The van der Waals surface area contributed by atoms with Gasteiger partial charge in [-0.25, -0.2) is 4.79 Å². The summed E-state index contributed by atoms with van der Waals surface area (Å²) in [6, 6.07) is 7.59. The predicted molar refractivity (Wildman–Crippen MR) is 71.7 cm³/mol. The van der Waals surface area contributed by atoms with Crippen LogP contribution < -0.4 is 0 Å². The van der Waals surface area contributed by atoms with Crippen LogP contribution >= 0.6 is 11.8 Å². The van der Waals surface area contributed by atoms with Crippen molar-refractivity contribution in [2.45, 2.75) is 17.9 Å². The molecule has 0 spiro atoms. The monoisotopic (exact) mass is 276 g/mol. The number of nitrogens with zero attached hydrogens (tertiary/aromatic N) is 2. The van der Waals surface area contributed by atoms with Gasteiger partial charge in [0.2, 0.25) is 5.89 Å². The number of rotatable bonds is 5. The first-order valence-corrected chi connectivity index (χ1v) is 6.55. The first-order valence-electron chi connectivity index (χ1n) is 5.57. The van der Waals surface area contributed by atoms with Gasteiger partial charge in [-0.05, 0) is 17.2 Å². The molecular formula is C13H12N2O3S. The van der Waals surface area contributed by atoms with Crippen LogP contribution in [0.3, 0.4) is 0 Å². The average molecular weight is 276 g/mol. The molecule has 0 aliphatic carbocycles. The second kappa shape index (κ2) is 6.19. The number of hydrogen-bond acceptors (Lipinski definition) is 5. The summed E-state index contributed by atoms with van der Waals surface area (Å²) < 4.78 is 5.27. The molecule has 0 unspecified atom stereocenters. The molecule has 1 aromatic carbocycles. The van der Waals surface area contributed by atoms with Gasteiger partial charge in [0.15, 0.2) is 0 Å². The standard InChI is InChI=1S/C13H12N2O3S/c1-9-14-15-13(18-9)19-8-11-5-3-2-4-10(11)6-7-12(16)17/h2-7H,8H2,1H3,(H,16,17). The SMILES string of the molecule is Cc1nnc(SCc2ccccc2C=CC(=O)O)o1. The van der Waals surface area contributed by atoms with Crippen LogP contribution in [0.5, 0.6) is 0 Å². The number of aryl methyl sites for hydroxylation is 1. The molecule has 98 valence electrons. The third-order valence-corrected chi connectivity index (χ3v) is 3.19. The largest absolute Gasteiger partial charge is 0.478 e. The summed E-state index contributed by atoms with van der Waals surface area (Å²) in [4.78, 5) is 10.5. The van der Waals surface area contributed by atoms with E-state index in [1.54, 1.807) is 13.0 Å². The minimum atomic E-state index is -0.963. The number of hydrogen-bond donors (Lipinski definition) is 1. The van der Waals surface area contributed by atoms with E-state index < -0.39 is 5.97 Å². The molecule has 1 heterocycles. The van der Waals surface area contributed by atoms with Crippen molar-refractivity contribution in [2.24, 2.45) is 0 Å². The van der Waals surface area contributed by atoms with Crippen molar-refractivity contribution in [1.82, 2.24) is 10.2 Å². The maximum absolute atomic E-state index is 10.5. The first-order chi connectivity index (χ1) is 9.15. The number of carbonyl (C=O) groups is 1. The van der Waals surface area contributed by atoms with Crippen LogP contribution in [0.2, 0.25) is 0 Å². The fraction of sp³-hybridized carbons (Fsp3) is 0.154. The Morgan fingerprint density at radius 2 is 2.21 bits per heavy atom. The second-order valence-electron chi connectivity index (χ2n) is 3.75. The zero-order valence-corrected chi connectivity index (χ0v) is 11.1. The van der Waals surface area contributed by atoms with E-state index in [0.717, 1.165) is 17.2 Å². The van der Waals surface area contributed by atoms with Gasteiger partial charge < -0.3 is 9.52 Å². The summed E-state index contributed by atoms with van der Waals surface area (Å²) in [6.45, 7) is 1.74. The Kier molecular flexibility index (Phi) is 4.35. The van der Waals surface area contributed by atoms with Gasteiger partial charge in [-0.1, -0.05) is 36.0 Å². The fourth-order valence-corrected chi connectivity index (χ4v) is 2.29. The zero-order valence-electron chi connectivity index (χ0n) is 10.2. The Bertz CT molecular complexity index is 607. The summed E-state index contributed by atoms with van der Waals surface area (Å²) in [5.74, 6) is 0.207. The van der Waals surface area contributed by atoms with E-state index in [1.807, 2.05) is 24.3 Å². The number of thioether (sulfide) groups is 1. The zero-order chi connectivity index (χ0) is 13.7. The highest BCUT2D eigenvalue weighted by Gasteiger charge is 2.05. The topological polar surface area (TPSA) is 76.2 Å². The van der Waals surface area contributed by atoms with Crippen LogP contribution in [0.1, 0.15) is 17.0 Å². The number of carboxylic acid groups (broad SMARTS) is 1. The molecule has 0 amide bonds. The van der Waals surface area contributed by atoms with E-state index in [4.69, 9.17) is 9.52 Å². The van der Waals surface area contributed by atoms with Crippen LogP contribution in [-0.4, -0.2) is 21.3 Å². The number of carboxylic acids is 1. The highest BCUT2D eigenvalue weighted by Crippen LogP contribution is 2.23. The Morgan fingerprint density at radius 3 is 2.89 bits per heavy atom. The fourth-order valence-electron chi connectivity index (χ4n) is 1.47. The minimum Gasteiger partial charge on any atom is -0.478 e. The van der Waals surface area contributed by atoms with Gasteiger partial charge in [-0.2, -0.15) is 0 Å². The van der Waals surface area contributed by atoms with Crippen molar-refractivity contribution < 1.29 is 14.3 Å². The molecule has 0 radical (unpaired) electrons. The van der Waals surface area contributed by atoms with Gasteiger partial charge in [0.25, 0.3) is 5.22 Å². The first kappa shape index (κ1) is 13.4. The van der Waals surface area contributed by atoms with Crippen molar-refractivity contribution in [2.75, 3.05) is 0 Å². The lowest BCUT2D eigenvalue weighted by Crippen LogP contribution is -1.89. The summed E-state index contributed by atoms with van der Waals surface area (Å²) in [6.07, 6.45) is 2.71. The van der Waals surface area contributed by atoms with Crippen LogP contribution in [0.25, 0.3) is 6.08 Å². The van der Waals surface area contributed by atoms with Crippen molar-refractivity contribution in [1.29, 1.82) is 0 Å². The molecule has 0 fully saturated rings. The number of benzene rings is 1. The normalized spacial score (nSPS) is 11.0. The Labute approximate surface area is 114 Å². The van der Waals surface area contributed by atoms with Crippen molar-refractivity contribution in [3.05, 3.63) is 47.4 Å². The van der Waals surface area contributed by atoms with Crippen LogP contribution in [0, 0.1) is 6.92 Å². The maximum Gasteiger partial charge on any atom is 0.328 e. The van der Waals surface area contributed by atoms with Crippen molar-refractivity contribution >= 4 is 23.8 Å². The highest BCUT2D eigenvalue weighted by molar-refractivity contribution is 7.98. The van der Waals surface area contributed by atoms with Gasteiger partial charge in [-0.15, -0.1) is 10.2 Å². The van der Waals surface area contributed by atoms with E-state index in [2.05, 4.69) is 10.2 Å². The molecule has 0 saturated heterocycles. The maximum atomic E-state index is 10.5. The molecule has 0 aliphatic rings. The van der Waals surface area contributed by atoms with Crippen LogP contribution in [0.4, 0.5) is 0 Å². The Balaban J connectivity index is 2.09. The Morgan fingerprint density at radius 1 is 1.42 bits per heavy atom. The van der Waals surface area contributed by atoms with Crippen LogP contribution in [-0.2, 0) is 10.5 Å². The molecule has 0 bridgehead atoms. The lowest BCUT2D eigenvalue weighted by Gasteiger charge is -2.03. The van der Waals surface area contributed by atoms with E-state index >= 15 is 0 Å². The van der Waals surface area contributed by atoms with Gasteiger partial charge >= 0.3 is 5.97 Å². The summed E-state index contributed by atoms with van der Waals surface area (Å²) in [5, 5.41) is 16.8. The molecule has 0 saturated carbocycles. The number of aliphatic carboxylic acids is 1. The van der Waals surface area contributed by atoms with E-state index in [9.17, 15) is 4.79 Å². The highest BCUT2D eigenvalue weighted by atomic mass is 32.2. The molecule has 2 rings (SSSR count). The molecular weight excluding hydrogens is 264 g/mol. The number of aromatic nitrogens is 2. The van der Waals surface area contributed by atoms with Crippen molar-refractivity contribution in [3.8, 4) is 0 Å². The lowest BCUT2D eigenvalue weighted by molar-refractivity contribution is -0.131. The molecule has 2 aromatic rings. The molecule has 0 atom stereocenters. The van der Waals surface area contributed by atoms with Gasteiger partial charge in [0, 0.05) is 18.8 Å².